The van der Waals surface area contributed by atoms with Gasteiger partial charge in [-0.05, 0) is 111 Å². The summed E-state index contributed by atoms with van der Waals surface area (Å²) in [4.78, 5) is 62.7. The molecule has 14 nitrogen and oxygen atoms in total. The minimum atomic E-state index is -4.57. The average Bonchev–Trinajstić information content (AvgIpc) is 3.79. The van der Waals surface area contributed by atoms with Crippen LogP contribution in [0.1, 0.15) is 82.8 Å². The normalized spacial score (nSPS) is 21.9. The predicted octanol–water partition coefficient (Wildman–Crippen LogP) is 5.88. The van der Waals surface area contributed by atoms with Crippen LogP contribution in [0.2, 0.25) is 0 Å². The molecule has 3 saturated heterocycles. The van der Waals surface area contributed by atoms with E-state index in [1.54, 1.807) is 0 Å². The molecule has 9 rings (SSSR count). The number of nitrogens with one attached hydrogen (secondary N) is 2. The molecule has 4 aromatic rings. The number of aromatic nitrogens is 2. The van der Waals surface area contributed by atoms with Gasteiger partial charge in [0.1, 0.15) is 0 Å². The fourth-order valence-electron chi connectivity index (χ4n) is 9.73. The number of urea groups is 1. The monoisotopic (exact) mass is 841 g/mol. The highest BCUT2D eigenvalue weighted by Gasteiger charge is 2.38. The van der Waals surface area contributed by atoms with Crippen LogP contribution in [0.4, 0.5) is 35.3 Å². The molecule has 1 saturated carbocycles. The number of fused-ring (bicyclic) bond motifs is 2. The molecule has 0 spiro atoms. The SMILES string of the molecule is O=C1CCN(N2Cc3cc(N4CCC(CN5CCN(c6ccc7c(c6)nc(NC(=O)c6cccc(C(F)(F)F)c6)n7C6CCC(CO)CC6)CC5)CC4)ccc3C2=O)C(=O)N1. The molecule has 0 bridgehead atoms. The van der Waals surface area contributed by atoms with Gasteiger partial charge in [0.05, 0.1) is 29.7 Å². The number of imide groups is 1. The first-order valence-corrected chi connectivity index (χ1v) is 21.3. The number of aliphatic hydroxyl groups is 1. The number of rotatable bonds is 9. The molecule has 5 amide bonds. The maximum Gasteiger partial charge on any atom is 0.416 e. The van der Waals surface area contributed by atoms with Gasteiger partial charge in [-0.1, -0.05) is 6.07 Å². The number of aliphatic hydroxyl groups excluding tert-OH is 1. The van der Waals surface area contributed by atoms with Crippen molar-refractivity contribution in [1.82, 2.24) is 29.8 Å². The summed E-state index contributed by atoms with van der Waals surface area (Å²) in [7, 11) is 0. The Morgan fingerprint density at radius 3 is 2.25 bits per heavy atom. The number of halogens is 3. The summed E-state index contributed by atoms with van der Waals surface area (Å²) in [6, 6.07) is 15.9. The molecule has 0 unspecified atom stereocenters. The summed E-state index contributed by atoms with van der Waals surface area (Å²) < 4.78 is 42.4. The van der Waals surface area contributed by atoms with Crippen LogP contribution < -0.4 is 20.4 Å². The van der Waals surface area contributed by atoms with Gasteiger partial charge in [0.2, 0.25) is 11.9 Å². The lowest BCUT2D eigenvalue weighted by atomic mass is 9.86. The molecule has 3 N–H and O–H groups in total. The number of hydrogen-bond donors (Lipinski definition) is 3. The van der Waals surface area contributed by atoms with Crippen LogP contribution in [0.5, 0.6) is 0 Å². The van der Waals surface area contributed by atoms with Crippen molar-refractivity contribution in [3.8, 4) is 0 Å². The topological polar surface area (TPSA) is 147 Å². The van der Waals surface area contributed by atoms with Crippen LogP contribution in [-0.4, -0.2) is 112 Å². The Morgan fingerprint density at radius 2 is 1.52 bits per heavy atom. The van der Waals surface area contributed by atoms with Crippen LogP contribution in [0.25, 0.3) is 11.0 Å². The Morgan fingerprint density at radius 1 is 0.803 bits per heavy atom. The molecule has 61 heavy (non-hydrogen) atoms. The van der Waals surface area contributed by atoms with E-state index in [0.717, 1.165) is 119 Å². The van der Waals surface area contributed by atoms with Crippen LogP contribution >= 0.6 is 0 Å². The maximum atomic E-state index is 13.5. The van der Waals surface area contributed by atoms with Gasteiger partial charge in [-0.3, -0.25) is 29.9 Å². The van der Waals surface area contributed by atoms with Gasteiger partial charge in [-0.15, -0.1) is 0 Å². The van der Waals surface area contributed by atoms with E-state index in [4.69, 9.17) is 4.98 Å². The van der Waals surface area contributed by atoms with Crippen molar-refractivity contribution < 1.29 is 37.5 Å². The second kappa shape index (κ2) is 16.6. The zero-order chi connectivity index (χ0) is 42.4. The Labute approximate surface area is 351 Å². The van der Waals surface area contributed by atoms with E-state index in [2.05, 4.69) is 37.5 Å². The Kier molecular flexibility index (Phi) is 11.1. The number of piperazine rings is 1. The largest absolute Gasteiger partial charge is 0.416 e. The number of amides is 5. The summed E-state index contributed by atoms with van der Waals surface area (Å²) in [6.07, 6.45) is 0.919. The minimum absolute atomic E-state index is 0.0149. The molecule has 3 aromatic carbocycles. The lowest BCUT2D eigenvalue weighted by Gasteiger charge is -2.40. The average molecular weight is 842 g/mol. The van der Waals surface area contributed by atoms with Crippen LogP contribution in [0.15, 0.2) is 60.7 Å². The van der Waals surface area contributed by atoms with E-state index < -0.39 is 23.7 Å². The van der Waals surface area contributed by atoms with Crippen LogP contribution in [0.3, 0.4) is 0 Å². The summed E-state index contributed by atoms with van der Waals surface area (Å²) in [5.41, 5.74) is 4.12. The number of carbonyl (C=O) groups is 4. The highest BCUT2D eigenvalue weighted by molar-refractivity contribution is 6.04. The second-order valence-electron chi connectivity index (χ2n) is 17.0. The van der Waals surface area contributed by atoms with Crippen molar-refractivity contribution in [2.24, 2.45) is 11.8 Å². The Bertz CT molecular complexity index is 2330. The van der Waals surface area contributed by atoms with Gasteiger partial charge < -0.3 is 19.5 Å². The molecular weight excluding hydrogens is 792 g/mol. The number of hydrogen-bond acceptors (Lipinski definition) is 9. The molecular formula is C44H50F3N9O5. The quantitative estimate of drug-likeness (QED) is 0.188. The number of anilines is 3. The summed E-state index contributed by atoms with van der Waals surface area (Å²) in [6.45, 7) is 6.96. The van der Waals surface area contributed by atoms with Crippen molar-refractivity contribution in [2.75, 3.05) is 74.1 Å². The molecule has 1 aliphatic carbocycles. The third-order valence-corrected chi connectivity index (χ3v) is 13.2. The first kappa shape index (κ1) is 40.7. The van der Waals surface area contributed by atoms with Crippen molar-refractivity contribution in [3.05, 3.63) is 82.9 Å². The van der Waals surface area contributed by atoms with Crippen molar-refractivity contribution in [1.29, 1.82) is 0 Å². The number of nitrogens with zero attached hydrogens (tertiary/aromatic N) is 7. The summed E-state index contributed by atoms with van der Waals surface area (Å²) in [5, 5.41) is 17.6. The molecule has 322 valence electrons. The first-order chi connectivity index (χ1) is 29.4. The van der Waals surface area contributed by atoms with Crippen molar-refractivity contribution in [2.45, 2.75) is 63.7 Å². The van der Waals surface area contributed by atoms with E-state index in [1.165, 1.54) is 22.2 Å². The Hall–Kier alpha value is -5.68. The molecule has 0 radical (unpaired) electrons. The smallest absolute Gasteiger partial charge is 0.396 e. The number of hydrazine groups is 1. The molecule has 4 fully saturated rings. The molecule has 4 aliphatic heterocycles. The van der Waals surface area contributed by atoms with E-state index in [0.29, 0.717) is 29.5 Å². The summed E-state index contributed by atoms with van der Waals surface area (Å²) in [5.74, 6) is -0.141. The highest BCUT2D eigenvalue weighted by atomic mass is 19.4. The predicted molar refractivity (Wildman–Crippen MR) is 222 cm³/mol. The van der Waals surface area contributed by atoms with Crippen LogP contribution in [0, 0.1) is 11.8 Å². The number of alkyl halides is 3. The molecule has 0 atom stereocenters. The zero-order valence-corrected chi connectivity index (χ0v) is 33.9. The fourth-order valence-corrected chi connectivity index (χ4v) is 9.73. The number of piperidine rings is 1. The highest BCUT2D eigenvalue weighted by Crippen LogP contribution is 2.38. The van der Waals surface area contributed by atoms with E-state index in [9.17, 15) is 37.5 Å². The van der Waals surface area contributed by atoms with E-state index in [-0.39, 0.29) is 48.9 Å². The number of benzene rings is 3. The molecule has 5 heterocycles. The lowest BCUT2D eigenvalue weighted by molar-refractivity contribution is -0.137. The van der Waals surface area contributed by atoms with Gasteiger partial charge in [-0.2, -0.15) is 13.2 Å². The third-order valence-electron chi connectivity index (χ3n) is 13.2. The maximum absolute atomic E-state index is 13.5. The van der Waals surface area contributed by atoms with Gasteiger partial charge in [0.25, 0.3) is 11.8 Å². The molecule has 17 heteroatoms. The summed E-state index contributed by atoms with van der Waals surface area (Å²) >= 11 is 0. The number of carbonyl (C=O) groups excluding carboxylic acids is 4. The second-order valence-corrected chi connectivity index (χ2v) is 17.0. The van der Waals surface area contributed by atoms with Crippen LogP contribution in [-0.2, 0) is 17.5 Å². The molecule has 5 aliphatic rings. The van der Waals surface area contributed by atoms with Gasteiger partial charge in [0, 0.05) is 87.4 Å². The minimum Gasteiger partial charge on any atom is -0.396 e. The van der Waals surface area contributed by atoms with E-state index >= 15 is 0 Å². The zero-order valence-electron chi connectivity index (χ0n) is 33.9. The first-order valence-electron chi connectivity index (χ1n) is 21.3. The third kappa shape index (κ3) is 8.37. The van der Waals surface area contributed by atoms with E-state index in [1.807, 2.05) is 28.8 Å². The molecule has 1 aromatic heterocycles. The Balaban J connectivity index is 0.811. The van der Waals surface area contributed by atoms with Gasteiger partial charge in [-0.25, -0.2) is 19.8 Å². The van der Waals surface area contributed by atoms with Gasteiger partial charge >= 0.3 is 12.2 Å². The van der Waals surface area contributed by atoms with Gasteiger partial charge in [0.15, 0.2) is 0 Å². The fraction of sp³-hybridized carbons (Fsp3) is 0.477. The standard InChI is InChI=1S/C44H50F3N9O5/c45-44(46,47)32-3-1-2-30(22-32)40(59)50-42-48-37-24-35(9-11-38(37)56(42)33-6-4-29(27-57)5-7-33)53-20-18-51(19-21-53)25-28-12-15-52(16-13-28)34-8-10-36-31(23-34)26-55(41(36)60)54-17-14-39(58)49-43(54)61/h1-3,8-11,22-24,28-29,33,57H,4-7,12-21,25-27H2,(H,48,50,59)(H,49,58,61). The lowest BCUT2D eigenvalue weighted by Crippen LogP contribution is -2.56. The van der Waals surface area contributed by atoms with Crippen molar-refractivity contribution in [3.63, 3.8) is 0 Å². The van der Waals surface area contributed by atoms with Crippen molar-refractivity contribution >= 4 is 52.1 Å². The number of imidazole rings is 1.